The molecule has 2 unspecified atom stereocenters. The van der Waals surface area contributed by atoms with Gasteiger partial charge in [0.05, 0.1) is 22.7 Å². The first-order valence-electron chi connectivity index (χ1n) is 48.1. The van der Waals surface area contributed by atoms with E-state index in [-0.39, 0.29) is 21.7 Å². The Morgan fingerprint density at radius 2 is 0.399 bits per heavy atom. The summed E-state index contributed by atoms with van der Waals surface area (Å²) in [6.45, 7) is 14.5. The highest BCUT2D eigenvalue weighted by molar-refractivity contribution is 6.09. The monoisotopic (exact) mass is 1780 g/mol. The fraction of sp³-hybridized carbons (Fsp3) is 0.0909. The van der Waals surface area contributed by atoms with Gasteiger partial charge in [0.1, 0.15) is 22.3 Å². The van der Waals surface area contributed by atoms with Crippen molar-refractivity contribution in [1.82, 2.24) is 0 Å². The topological polar surface area (TPSA) is 39.2 Å². The molecule has 0 amide bonds. The Morgan fingerprint density at radius 1 is 0.174 bits per heavy atom. The highest BCUT2D eigenvalue weighted by Crippen LogP contribution is 2.59. The first-order chi connectivity index (χ1) is 67.6. The fourth-order valence-electron chi connectivity index (χ4n) is 22.5. The Labute approximate surface area is 808 Å². The second-order valence-electron chi connectivity index (χ2n) is 38.6. The Balaban J connectivity index is 0.000000155. The van der Waals surface area contributed by atoms with Crippen molar-refractivity contribution in [3.8, 4) is 66.8 Å². The van der Waals surface area contributed by atoms with Gasteiger partial charge in [-0.2, -0.15) is 0 Å². The molecule has 2 atom stereocenters. The van der Waals surface area contributed by atoms with Crippen molar-refractivity contribution in [3.05, 3.63) is 531 Å². The van der Waals surface area contributed by atoms with E-state index in [1.807, 2.05) is 18.2 Å². The van der Waals surface area contributed by atoms with Crippen LogP contribution >= 0.6 is 0 Å². The van der Waals surface area contributed by atoms with Crippen LogP contribution in [-0.4, -0.2) is 0 Å². The van der Waals surface area contributed by atoms with Crippen molar-refractivity contribution in [2.24, 2.45) is 0 Å². The van der Waals surface area contributed by atoms with Crippen LogP contribution in [0.1, 0.15) is 87.8 Å². The number of benzene rings is 20. The molecule has 0 N–H and O–H groups in total. The molecule has 0 fully saturated rings. The molecule has 0 bridgehead atoms. The molecular formula is C132H104N4O2. The maximum absolute atomic E-state index is 6.35. The minimum atomic E-state index is -0.288. The van der Waals surface area contributed by atoms with Gasteiger partial charge in [0.25, 0.3) is 0 Å². The second-order valence-corrected chi connectivity index (χ2v) is 38.6. The number of hydrogen-bond donors (Lipinski definition) is 0. The molecule has 20 aromatic carbocycles. The molecule has 6 heteroatoms. The van der Waals surface area contributed by atoms with Gasteiger partial charge in [0, 0.05) is 100 Å². The lowest BCUT2D eigenvalue weighted by Crippen LogP contribution is -2.23. The van der Waals surface area contributed by atoms with Crippen LogP contribution in [0.3, 0.4) is 0 Å². The first-order valence-corrected chi connectivity index (χ1v) is 48.1. The van der Waals surface area contributed by atoms with Crippen molar-refractivity contribution < 1.29 is 8.83 Å². The van der Waals surface area contributed by atoms with Crippen molar-refractivity contribution in [2.45, 2.75) is 76.0 Å². The average Bonchev–Trinajstić information content (AvgIpc) is 1.57. The lowest BCUT2D eigenvalue weighted by molar-refractivity contribution is 0.425. The van der Waals surface area contributed by atoms with Gasteiger partial charge in [0.2, 0.25) is 0 Å². The molecule has 2 heterocycles. The lowest BCUT2D eigenvalue weighted by atomic mass is 9.75. The van der Waals surface area contributed by atoms with Crippen molar-refractivity contribution in [3.63, 3.8) is 0 Å². The molecule has 138 heavy (non-hydrogen) atoms. The maximum atomic E-state index is 6.35. The third kappa shape index (κ3) is 15.7. The third-order valence-corrected chi connectivity index (χ3v) is 28.9. The molecule has 2 aliphatic carbocycles. The van der Waals surface area contributed by atoms with E-state index in [1.165, 1.54) is 89.0 Å². The standard InChI is InChI=1S/C66H50N2O2.C66H54N2/c1-65(2)43-66(3,46-30-32-47(33-31-46)67(59-26-14-10-22-51(59)44-18-6-4-7-19-44)48-35-38-63-55(40-48)53-24-12-16-28-61(53)69-63)58-42-50(34-37-57(58)65)68(60-27-15-11-23-52(60)45-20-8-5-9-21-45)49-36-39-64-56(41-49)54-25-13-17-29-62(54)70-64;1-65(2)47-66(3,54-36-42-57(43-37-54)67(55-38-32-50(33-39-55)48-20-8-4-9-21-48)63-30-18-16-28-59(63)52-24-12-6-13-25-52)62-46-58(44-45-61(62)65)68(56-40-34-51(35-41-56)49-22-10-5-11-23-49)64-31-19-17-29-60(64)53-26-14-7-15-27-53/h4-42H,43H2,1-3H3;4-46H,47H2,1-3H3. The summed E-state index contributed by atoms with van der Waals surface area (Å²) in [5.41, 5.74) is 38.5. The van der Waals surface area contributed by atoms with E-state index in [1.54, 1.807) is 0 Å². The number of rotatable bonds is 20. The van der Waals surface area contributed by atoms with Gasteiger partial charge in [0.15, 0.2) is 0 Å². The Kier molecular flexibility index (Phi) is 22.0. The predicted octanol–water partition coefficient (Wildman–Crippen LogP) is 37.0. The number of fused-ring (bicyclic) bond motifs is 8. The number of hydrogen-bond acceptors (Lipinski definition) is 6. The molecule has 22 aromatic rings. The van der Waals surface area contributed by atoms with Crippen molar-refractivity contribution in [2.75, 3.05) is 19.6 Å². The van der Waals surface area contributed by atoms with E-state index in [2.05, 4.69) is 540 Å². The molecule has 2 aliphatic rings. The van der Waals surface area contributed by atoms with Crippen LogP contribution in [-0.2, 0) is 21.7 Å². The van der Waals surface area contributed by atoms with Crippen molar-refractivity contribution >= 4 is 112 Å². The van der Waals surface area contributed by atoms with E-state index in [9.17, 15) is 0 Å². The number of furan rings is 2. The molecule has 6 nitrogen and oxygen atoms in total. The molecule has 0 spiro atoms. The minimum Gasteiger partial charge on any atom is -0.456 e. The van der Waals surface area contributed by atoms with E-state index in [4.69, 9.17) is 8.83 Å². The molecular weight excluding hydrogens is 1670 g/mol. The zero-order valence-electron chi connectivity index (χ0n) is 78.4. The largest absolute Gasteiger partial charge is 0.456 e. The molecule has 24 rings (SSSR count). The summed E-state index contributed by atoms with van der Waals surface area (Å²) in [7, 11) is 0. The highest BCUT2D eigenvalue weighted by atomic mass is 16.3. The van der Waals surface area contributed by atoms with E-state index >= 15 is 0 Å². The summed E-state index contributed by atoms with van der Waals surface area (Å²) in [5.74, 6) is 0. The predicted molar refractivity (Wildman–Crippen MR) is 580 cm³/mol. The Hall–Kier alpha value is -16.8. The van der Waals surface area contributed by atoms with E-state index in [0.29, 0.717) is 0 Å². The van der Waals surface area contributed by atoms with Gasteiger partial charge >= 0.3 is 0 Å². The highest BCUT2D eigenvalue weighted by Gasteiger charge is 2.48. The molecule has 0 aliphatic heterocycles. The van der Waals surface area contributed by atoms with Crippen LogP contribution in [0.25, 0.3) is 111 Å². The SMILES string of the molecule is CC1(C)CC(C)(c2ccc(N(c3ccc(-c4ccccc4)cc3)c3ccccc3-c3ccccc3)cc2)c2cc(N(c3ccc(-c4ccccc4)cc3)c3ccccc3-c3ccccc3)ccc21.CC1(C)CC(C)(c2ccc(N(c3ccc4oc5ccccc5c4c3)c3ccccc3-c3ccccc3)cc2)c2cc(N(c3ccc4oc5ccccc5c4c3)c3ccccc3-c3ccccc3)ccc21. The molecule has 664 valence electrons. The smallest absolute Gasteiger partial charge is 0.135 e. The van der Waals surface area contributed by atoms with Gasteiger partial charge in [-0.3, -0.25) is 0 Å². The molecule has 0 radical (unpaired) electrons. The maximum Gasteiger partial charge on any atom is 0.135 e. The van der Waals surface area contributed by atoms with E-state index < -0.39 is 0 Å². The Morgan fingerprint density at radius 3 is 0.717 bits per heavy atom. The van der Waals surface area contributed by atoms with E-state index in [0.717, 1.165) is 136 Å². The lowest BCUT2D eigenvalue weighted by Gasteiger charge is -2.32. The van der Waals surface area contributed by atoms with Gasteiger partial charge in [-0.1, -0.05) is 393 Å². The minimum absolute atomic E-state index is 0.0352. The van der Waals surface area contributed by atoms with Gasteiger partial charge in [-0.05, 0) is 247 Å². The third-order valence-electron chi connectivity index (χ3n) is 28.9. The van der Waals surface area contributed by atoms with Crippen LogP contribution in [0.4, 0.5) is 68.2 Å². The number of anilines is 12. The van der Waals surface area contributed by atoms with Crippen LogP contribution in [0, 0.1) is 0 Å². The first kappa shape index (κ1) is 85.4. The zero-order valence-corrected chi connectivity index (χ0v) is 78.4. The fourth-order valence-corrected chi connectivity index (χ4v) is 22.5. The summed E-state index contributed by atoms with van der Waals surface area (Å²) >= 11 is 0. The molecule has 2 aromatic heterocycles. The number of para-hydroxylation sites is 6. The van der Waals surface area contributed by atoms with Crippen LogP contribution in [0.2, 0.25) is 0 Å². The number of nitrogens with zero attached hydrogens (tertiary/aromatic N) is 4. The van der Waals surface area contributed by atoms with Gasteiger partial charge < -0.3 is 28.4 Å². The van der Waals surface area contributed by atoms with Crippen molar-refractivity contribution in [1.29, 1.82) is 0 Å². The van der Waals surface area contributed by atoms with Gasteiger partial charge in [-0.15, -0.1) is 0 Å². The Bertz CT molecular complexity index is 8200. The second kappa shape index (κ2) is 35.5. The summed E-state index contributed by atoms with van der Waals surface area (Å²) in [5, 5.41) is 4.41. The average molecular weight is 1780 g/mol. The van der Waals surface area contributed by atoms with Crippen LogP contribution in [0.15, 0.2) is 506 Å². The van der Waals surface area contributed by atoms with Gasteiger partial charge in [-0.25, -0.2) is 0 Å². The normalized spacial score (nSPS) is 15.0. The van der Waals surface area contributed by atoms with Crippen LogP contribution in [0.5, 0.6) is 0 Å². The van der Waals surface area contributed by atoms with Crippen LogP contribution < -0.4 is 19.6 Å². The summed E-state index contributed by atoms with van der Waals surface area (Å²) in [6, 6.07) is 180. The summed E-state index contributed by atoms with van der Waals surface area (Å²) < 4.78 is 12.7. The summed E-state index contributed by atoms with van der Waals surface area (Å²) in [6.07, 6.45) is 1.96. The quantitative estimate of drug-likeness (QED) is 0.0757. The summed E-state index contributed by atoms with van der Waals surface area (Å²) in [4.78, 5) is 9.72. The molecule has 0 saturated carbocycles. The zero-order chi connectivity index (χ0) is 93.1. The molecule has 0 saturated heterocycles.